The van der Waals surface area contributed by atoms with Gasteiger partial charge in [0, 0.05) is 30.9 Å². The van der Waals surface area contributed by atoms with Crippen LogP contribution in [0.25, 0.3) is 11.4 Å². The summed E-state index contributed by atoms with van der Waals surface area (Å²) in [5.74, 6) is 2.08. The zero-order valence-corrected chi connectivity index (χ0v) is 15.8. The topological polar surface area (TPSA) is 72.1 Å². The van der Waals surface area contributed by atoms with E-state index in [2.05, 4.69) is 15.1 Å². The maximum atomic E-state index is 13.0. The molecular weight excluding hydrogens is 340 g/mol. The molecule has 1 saturated carbocycles. The molecule has 1 aliphatic heterocycles. The van der Waals surface area contributed by atoms with Gasteiger partial charge in [-0.05, 0) is 37.3 Å². The molecule has 27 heavy (non-hydrogen) atoms. The van der Waals surface area contributed by atoms with Crippen molar-refractivity contribution in [2.75, 3.05) is 6.54 Å². The van der Waals surface area contributed by atoms with Crippen LogP contribution in [0.15, 0.2) is 29.0 Å². The number of amides is 1. The summed E-state index contributed by atoms with van der Waals surface area (Å²) in [4.78, 5) is 23.7. The average molecular weight is 368 g/mol. The summed E-state index contributed by atoms with van der Waals surface area (Å²) < 4.78 is 5.59. The van der Waals surface area contributed by atoms with Crippen molar-refractivity contribution in [2.45, 2.75) is 70.3 Å². The van der Waals surface area contributed by atoms with Gasteiger partial charge in [0.05, 0.1) is 0 Å². The van der Waals surface area contributed by atoms with Gasteiger partial charge >= 0.3 is 0 Å². The van der Waals surface area contributed by atoms with Crippen LogP contribution in [-0.4, -0.2) is 32.5 Å². The Morgan fingerprint density at radius 1 is 1.15 bits per heavy atom. The summed E-state index contributed by atoms with van der Waals surface area (Å²) in [5, 5.41) is 4.13. The van der Waals surface area contributed by atoms with Gasteiger partial charge in [0.25, 0.3) is 0 Å². The highest BCUT2D eigenvalue weighted by Crippen LogP contribution is 2.33. The first-order chi connectivity index (χ1) is 13.3. The lowest BCUT2D eigenvalue weighted by atomic mass is 10.0. The summed E-state index contributed by atoms with van der Waals surface area (Å²) in [7, 11) is 0. The van der Waals surface area contributed by atoms with Crippen molar-refractivity contribution in [3.8, 4) is 11.4 Å². The van der Waals surface area contributed by atoms with E-state index < -0.39 is 0 Å². The van der Waals surface area contributed by atoms with Gasteiger partial charge in [0.2, 0.25) is 17.6 Å². The largest absolute Gasteiger partial charge is 0.337 e. The Hall–Kier alpha value is -2.24. The lowest BCUT2D eigenvalue weighted by molar-refractivity contribution is -0.134. The molecular formula is C21H28N4O2. The van der Waals surface area contributed by atoms with Crippen LogP contribution in [-0.2, 0) is 4.79 Å². The minimum Gasteiger partial charge on any atom is -0.337 e. The van der Waals surface area contributed by atoms with Gasteiger partial charge in [0.1, 0.15) is 6.04 Å². The van der Waals surface area contributed by atoms with Gasteiger partial charge in [-0.3, -0.25) is 9.78 Å². The molecule has 2 aromatic rings. The van der Waals surface area contributed by atoms with Crippen LogP contribution in [0.1, 0.15) is 76.1 Å². The smallest absolute Gasteiger partial charge is 0.249 e. The van der Waals surface area contributed by atoms with Crippen molar-refractivity contribution in [3.05, 3.63) is 30.4 Å². The van der Waals surface area contributed by atoms with Gasteiger partial charge in [-0.2, -0.15) is 4.98 Å². The number of carbonyl (C=O) groups excluding carboxylic acids is 1. The van der Waals surface area contributed by atoms with Crippen molar-refractivity contribution >= 4 is 5.91 Å². The maximum absolute atomic E-state index is 13.0. The van der Waals surface area contributed by atoms with Crippen LogP contribution >= 0.6 is 0 Å². The van der Waals surface area contributed by atoms with Crippen molar-refractivity contribution in [3.63, 3.8) is 0 Å². The number of hydrogen-bond acceptors (Lipinski definition) is 5. The quantitative estimate of drug-likeness (QED) is 0.774. The van der Waals surface area contributed by atoms with E-state index in [-0.39, 0.29) is 11.9 Å². The summed E-state index contributed by atoms with van der Waals surface area (Å²) in [6, 6.07) is 3.68. The molecule has 144 valence electrons. The molecule has 0 bridgehead atoms. The predicted molar refractivity (Wildman–Crippen MR) is 102 cm³/mol. The summed E-state index contributed by atoms with van der Waals surface area (Å²) in [6.07, 6.45) is 14.5. The monoisotopic (exact) mass is 368 g/mol. The second kappa shape index (κ2) is 8.63. The van der Waals surface area contributed by atoms with Crippen LogP contribution in [0.5, 0.6) is 0 Å². The fraction of sp³-hybridized carbons (Fsp3) is 0.619. The van der Waals surface area contributed by atoms with E-state index >= 15 is 0 Å². The van der Waals surface area contributed by atoms with Gasteiger partial charge in [0.15, 0.2) is 0 Å². The zero-order chi connectivity index (χ0) is 18.5. The van der Waals surface area contributed by atoms with E-state index in [0.29, 0.717) is 18.1 Å². The Morgan fingerprint density at radius 2 is 2.00 bits per heavy atom. The fourth-order valence-electron chi connectivity index (χ4n) is 4.42. The van der Waals surface area contributed by atoms with Gasteiger partial charge < -0.3 is 9.42 Å². The van der Waals surface area contributed by atoms with Gasteiger partial charge in [-0.15, -0.1) is 0 Å². The van der Waals surface area contributed by atoms with Crippen molar-refractivity contribution in [1.82, 2.24) is 20.0 Å². The molecule has 2 aliphatic rings. The molecule has 6 nitrogen and oxygen atoms in total. The molecule has 3 heterocycles. The summed E-state index contributed by atoms with van der Waals surface area (Å²) in [5.41, 5.74) is 0.834. The SMILES string of the molecule is O=C(CCC1CCCC1)N1CCCCCC1c1nc(-c2cccnc2)no1. The molecule has 0 aromatic carbocycles. The molecule has 2 fully saturated rings. The Morgan fingerprint density at radius 3 is 2.81 bits per heavy atom. The first kappa shape index (κ1) is 18.1. The van der Waals surface area contributed by atoms with E-state index in [4.69, 9.17) is 4.52 Å². The minimum absolute atomic E-state index is 0.0958. The molecule has 0 radical (unpaired) electrons. The highest BCUT2D eigenvalue weighted by atomic mass is 16.5. The number of rotatable bonds is 5. The summed E-state index contributed by atoms with van der Waals surface area (Å²) in [6.45, 7) is 0.790. The number of aromatic nitrogens is 3. The van der Waals surface area contributed by atoms with Crippen molar-refractivity contribution in [2.24, 2.45) is 5.92 Å². The third-order valence-electron chi connectivity index (χ3n) is 5.96. The average Bonchev–Trinajstić information content (AvgIpc) is 3.35. The molecule has 0 spiro atoms. The Labute approximate surface area is 160 Å². The fourth-order valence-corrected chi connectivity index (χ4v) is 4.42. The van der Waals surface area contributed by atoms with Gasteiger partial charge in [-0.1, -0.05) is 43.7 Å². The Bertz CT molecular complexity index is 740. The van der Waals surface area contributed by atoms with Crippen molar-refractivity contribution < 1.29 is 9.32 Å². The Balaban J connectivity index is 1.48. The number of nitrogens with zero attached hydrogens (tertiary/aromatic N) is 4. The van der Waals surface area contributed by atoms with Crippen LogP contribution < -0.4 is 0 Å². The van der Waals surface area contributed by atoms with E-state index in [9.17, 15) is 4.79 Å². The summed E-state index contributed by atoms with van der Waals surface area (Å²) >= 11 is 0. The second-order valence-corrected chi connectivity index (χ2v) is 7.84. The lowest BCUT2D eigenvalue weighted by Crippen LogP contribution is -2.35. The maximum Gasteiger partial charge on any atom is 0.249 e. The van der Waals surface area contributed by atoms with Crippen LogP contribution in [0.2, 0.25) is 0 Å². The normalized spacial score (nSPS) is 21.3. The van der Waals surface area contributed by atoms with E-state index in [0.717, 1.165) is 50.1 Å². The van der Waals surface area contributed by atoms with E-state index in [1.807, 2.05) is 17.0 Å². The standard InChI is InChI=1S/C21H28N4O2/c26-19(12-11-16-7-3-4-8-16)25-14-5-1-2-10-18(25)21-23-20(24-27-21)17-9-6-13-22-15-17/h6,9,13,15-16,18H,1-5,7-8,10-12,14H2. The molecule has 1 unspecified atom stereocenters. The third-order valence-corrected chi connectivity index (χ3v) is 5.96. The molecule has 4 rings (SSSR count). The van der Waals surface area contributed by atoms with Crippen LogP contribution in [0.3, 0.4) is 0 Å². The number of likely N-dealkylation sites (tertiary alicyclic amines) is 1. The molecule has 1 aliphatic carbocycles. The predicted octanol–water partition coefficient (Wildman–Crippen LogP) is 4.55. The minimum atomic E-state index is -0.0958. The Kier molecular flexibility index (Phi) is 5.80. The molecule has 0 N–H and O–H groups in total. The number of carbonyl (C=O) groups is 1. The second-order valence-electron chi connectivity index (χ2n) is 7.84. The van der Waals surface area contributed by atoms with Crippen LogP contribution in [0.4, 0.5) is 0 Å². The first-order valence-corrected chi connectivity index (χ1v) is 10.3. The lowest BCUT2D eigenvalue weighted by Gasteiger charge is -2.28. The molecule has 1 amide bonds. The molecule has 1 atom stereocenters. The highest BCUT2D eigenvalue weighted by Gasteiger charge is 2.31. The van der Waals surface area contributed by atoms with Crippen molar-refractivity contribution in [1.29, 1.82) is 0 Å². The van der Waals surface area contributed by atoms with Crippen LogP contribution in [0, 0.1) is 5.92 Å². The number of hydrogen-bond donors (Lipinski definition) is 0. The zero-order valence-electron chi connectivity index (χ0n) is 15.8. The molecule has 6 heteroatoms. The van der Waals surface area contributed by atoms with E-state index in [1.165, 1.54) is 25.7 Å². The molecule has 1 saturated heterocycles. The first-order valence-electron chi connectivity index (χ1n) is 10.3. The highest BCUT2D eigenvalue weighted by molar-refractivity contribution is 5.76. The third kappa shape index (κ3) is 4.37. The molecule has 2 aromatic heterocycles. The van der Waals surface area contributed by atoms with E-state index in [1.54, 1.807) is 12.4 Å². The van der Waals surface area contributed by atoms with Gasteiger partial charge in [-0.25, -0.2) is 0 Å². The number of pyridine rings is 1.